The molecular weight excluding hydrogens is 422 g/mol. The smallest absolute Gasteiger partial charge is 0.228 e. The predicted molar refractivity (Wildman–Crippen MR) is 112 cm³/mol. The van der Waals surface area contributed by atoms with Gasteiger partial charge in [0, 0.05) is 42.4 Å². The van der Waals surface area contributed by atoms with Crippen LogP contribution in [0.4, 0.5) is 0 Å². The fraction of sp³-hybridized carbons (Fsp3) is 0.810. The summed E-state index contributed by atoms with van der Waals surface area (Å²) in [4.78, 5) is 22.9. The van der Waals surface area contributed by atoms with E-state index in [2.05, 4.69) is 38.0 Å². The van der Waals surface area contributed by atoms with E-state index in [1.807, 2.05) is 0 Å². The molecule has 5 aliphatic rings. The van der Waals surface area contributed by atoms with E-state index < -0.39 is 0 Å². The summed E-state index contributed by atoms with van der Waals surface area (Å²) in [5, 5.41) is 3.42. The molecular formula is C21H30BrN3OS. The molecule has 1 amide bonds. The van der Waals surface area contributed by atoms with Gasteiger partial charge in [0.1, 0.15) is 0 Å². The zero-order chi connectivity index (χ0) is 18.6. The SMILES string of the molecule is CCc1nc(CN2CCN(C(=O)C34CC5CC(CC(Br)(C5)C3)C4)CC2)cs1. The zero-order valence-electron chi connectivity index (χ0n) is 16.3. The van der Waals surface area contributed by atoms with Crippen LogP contribution in [-0.4, -0.2) is 51.2 Å². The lowest BCUT2D eigenvalue weighted by Crippen LogP contribution is -2.61. The van der Waals surface area contributed by atoms with Crippen molar-refractivity contribution in [2.24, 2.45) is 17.3 Å². The minimum Gasteiger partial charge on any atom is -0.340 e. The van der Waals surface area contributed by atoms with Gasteiger partial charge in [-0.15, -0.1) is 11.3 Å². The zero-order valence-corrected chi connectivity index (χ0v) is 18.7. The highest BCUT2D eigenvalue weighted by molar-refractivity contribution is 9.10. The first-order valence-corrected chi connectivity index (χ1v) is 12.3. The normalized spacial score (nSPS) is 38.5. The van der Waals surface area contributed by atoms with Crippen molar-refractivity contribution in [2.75, 3.05) is 26.2 Å². The van der Waals surface area contributed by atoms with Crippen LogP contribution in [-0.2, 0) is 17.8 Å². The Hall–Kier alpha value is -0.460. The molecule has 4 bridgehead atoms. The first kappa shape index (κ1) is 18.6. The van der Waals surface area contributed by atoms with Gasteiger partial charge in [-0.3, -0.25) is 9.69 Å². The summed E-state index contributed by atoms with van der Waals surface area (Å²) in [7, 11) is 0. The van der Waals surface area contributed by atoms with Crippen LogP contribution in [0.25, 0.3) is 0 Å². The molecule has 2 atom stereocenters. The maximum atomic E-state index is 13.6. The van der Waals surface area contributed by atoms with Crippen LogP contribution in [0.2, 0.25) is 0 Å². The van der Waals surface area contributed by atoms with Crippen molar-refractivity contribution in [3.8, 4) is 0 Å². The molecule has 5 fully saturated rings. The number of carbonyl (C=O) groups is 1. The first-order valence-electron chi connectivity index (χ1n) is 10.6. The molecule has 0 N–H and O–H groups in total. The summed E-state index contributed by atoms with van der Waals surface area (Å²) in [6.45, 7) is 6.82. The minimum absolute atomic E-state index is 0.0549. The van der Waals surface area contributed by atoms with Crippen LogP contribution in [0.5, 0.6) is 0 Å². The second-order valence-electron chi connectivity index (χ2n) is 9.55. The second kappa shape index (κ2) is 6.81. The van der Waals surface area contributed by atoms with Crippen LogP contribution >= 0.6 is 27.3 Å². The Labute approximate surface area is 174 Å². The molecule has 2 unspecified atom stereocenters. The summed E-state index contributed by atoms with van der Waals surface area (Å²) < 4.78 is 0.260. The fourth-order valence-corrected chi connectivity index (χ4v) is 8.85. The number of nitrogens with zero attached hydrogens (tertiary/aromatic N) is 3. The summed E-state index contributed by atoms with van der Waals surface area (Å²) in [6.07, 6.45) is 8.34. The third kappa shape index (κ3) is 3.40. The van der Waals surface area contributed by atoms with E-state index in [4.69, 9.17) is 4.98 Å². The predicted octanol–water partition coefficient (Wildman–Crippen LogP) is 4.08. The highest BCUT2D eigenvalue weighted by atomic mass is 79.9. The van der Waals surface area contributed by atoms with Crippen molar-refractivity contribution in [1.29, 1.82) is 0 Å². The van der Waals surface area contributed by atoms with Crippen molar-refractivity contribution in [2.45, 2.75) is 62.7 Å². The van der Waals surface area contributed by atoms with Gasteiger partial charge in [-0.05, 0) is 56.8 Å². The number of amides is 1. The second-order valence-corrected chi connectivity index (χ2v) is 12.2. The van der Waals surface area contributed by atoms with E-state index in [1.54, 1.807) is 11.3 Å². The average molecular weight is 452 g/mol. The van der Waals surface area contributed by atoms with Gasteiger partial charge >= 0.3 is 0 Å². The highest BCUT2D eigenvalue weighted by Gasteiger charge is 2.60. The molecule has 1 aromatic rings. The number of rotatable bonds is 4. The largest absolute Gasteiger partial charge is 0.340 e. The van der Waals surface area contributed by atoms with Crippen LogP contribution in [0.1, 0.15) is 56.2 Å². The van der Waals surface area contributed by atoms with Gasteiger partial charge in [0.15, 0.2) is 0 Å². The molecule has 4 saturated carbocycles. The number of hydrogen-bond acceptors (Lipinski definition) is 4. The third-order valence-electron chi connectivity index (χ3n) is 7.39. The number of aryl methyl sites for hydroxylation is 1. The van der Waals surface area contributed by atoms with Crippen molar-refractivity contribution in [1.82, 2.24) is 14.8 Å². The van der Waals surface area contributed by atoms with Crippen molar-refractivity contribution in [3.63, 3.8) is 0 Å². The number of carbonyl (C=O) groups excluding carboxylic acids is 1. The molecule has 0 spiro atoms. The van der Waals surface area contributed by atoms with Crippen LogP contribution < -0.4 is 0 Å². The molecule has 1 aromatic heterocycles. The van der Waals surface area contributed by atoms with E-state index in [9.17, 15) is 4.79 Å². The lowest BCUT2D eigenvalue weighted by Gasteiger charge is -2.60. The van der Waals surface area contributed by atoms with Gasteiger partial charge in [0.25, 0.3) is 0 Å². The Morgan fingerprint density at radius 1 is 1.22 bits per heavy atom. The van der Waals surface area contributed by atoms with Gasteiger partial charge in [0.2, 0.25) is 5.91 Å². The summed E-state index contributed by atoms with van der Waals surface area (Å²) in [6, 6.07) is 0. The first-order chi connectivity index (χ1) is 13.0. The molecule has 27 heavy (non-hydrogen) atoms. The Balaban J connectivity index is 1.21. The number of hydrogen-bond donors (Lipinski definition) is 0. The maximum Gasteiger partial charge on any atom is 0.228 e. The lowest BCUT2D eigenvalue weighted by atomic mass is 9.49. The van der Waals surface area contributed by atoms with E-state index in [0.29, 0.717) is 5.91 Å². The topological polar surface area (TPSA) is 36.4 Å². The number of thiazole rings is 1. The number of piperazine rings is 1. The quantitative estimate of drug-likeness (QED) is 0.646. The monoisotopic (exact) mass is 451 g/mol. The van der Waals surface area contributed by atoms with Gasteiger partial charge in [0.05, 0.1) is 16.1 Å². The summed E-state index contributed by atoms with van der Waals surface area (Å²) in [5.41, 5.74) is 1.14. The van der Waals surface area contributed by atoms with E-state index >= 15 is 0 Å². The van der Waals surface area contributed by atoms with E-state index in [-0.39, 0.29) is 9.74 Å². The molecule has 4 aliphatic carbocycles. The summed E-state index contributed by atoms with van der Waals surface area (Å²) in [5.74, 6) is 2.02. The Morgan fingerprint density at radius 3 is 2.52 bits per heavy atom. The molecule has 0 radical (unpaired) electrons. The van der Waals surface area contributed by atoms with Crippen LogP contribution in [0, 0.1) is 17.3 Å². The van der Waals surface area contributed by atoms with E-state index in [1.165, 1.54) is 30.0 Å². The summed E-state index contributed by atoms with van der Waals surface area (Å²) >= 11 is 5.82. The molecule has 2 heterocycles. The van der Waals surface area contributed by atoms with Gasteiger partial charge in [-0.25, -0.2) is 4.98 Å². The van der Waals surface area contributed by atoms with Gasteiger partial charge < -0.3 is 4.90 Å². The number of halogens is 1. The van der Waals surface area contributed by atoms with E-state index in [0.717, 1.165) is 70.2 Å². The van der Waals surface area contributed by atoms with Gasteiger partial charge in [-0.1, -0.05) is 22.9 Å². The standard InChI is InChI=1S/C21H30BrN3OS/c1-2-18-23-17(13-27-18)12-24-3-5-25(6-4-24)19(26)20-8-15-7-16(9-20)11-21(22,10-15)14-20/h13,15-16H,2-12,14H2,1H3. The van der Waals surface area contributed by atoms with Crippen molar-refractivity contribution < 1.29 is 4.79 Å². The molecule has 148 valence electrons. The minimum atomic E-state index is -0.0549. The van der Waals surface area contributed by atoms with Crippen LogP contribution in [0.15, 0.2) is 5.38 Å². The number of alkyl halides is 1. The fourth-order valence-electron chi connectivity index (χ4n) is 6.66. The average Bonchev–Trinajstić information content (AvgIpc) is 3.07. The molecule has 1 saturated heterocycles. The molecule has 6 heteroatoms. The van der Waals surface area contributed by atoms with Crippen LogP contribution in [0.3, 0.4) is 0 Å². The maximum absolute atomic E-state index is 13.6. The lowest BCUT2D eigenvalue weighted by molar-refractivity contribution is -0.157. The number of aromatic nitrogens is 1. The highest BCUT2D eigenvalue weighted by Crippen LogP contribution is 2.64. The Kier molecular flexibility index (Phi) is 4.68. The Bertz CT molecular complexity index is 713. The molecule has 1 aliphatic heterocycles. The van der Waals surface area contributed by atoms with Crippen molar-refractivity contribution >= 4 is 33.2 Å². The Morgan fingerprint density at radius 2 is 1.93 bits per heavy atom. The third-order valence-corrected chi connectivity index (χ3v) is 9.36. The van der Waals surface area contributed by atoms with Gasteiger partial charge in [-0.2, -0.15) is 0 Å². The van der Waals surface area contributed by atoms with Crippen molar-refractivity contribution in [3.05, 3.63) is 16.1 Å². The molecule has 4 nitrogen and oxygen atoms in total. The molecule has 0 aromatic carbocycles. The molecule has 6 rings (SSSR count).